The van der Waals surface area contributed by atoms with Gasteiger partial charge in [-0.3, -0.25) is 4.79 Å². The summed E-state index contributed by atoms with van der Waals surface area (Å²) in [5.74, 6) is 0.135. The Morgan fingerprint density at radius 3 is 2.68 bits per heavy atom. The van der Waals surface area contributed by atoms with E-state index in [9.17, 15) is 4.79 Å². The highest BCUT2D eigenvalue weighted by atomic mass is 16.3. The van der Waals surface area contributed by atoms with E-state index in [1.807, 2.05) is 29.2 Å². The summed E-state index contributed by atoms with van der Waals surface area (Å²) >= 11 is 0. The van der Waals surface area contributed by atoms with Gasteiger partial charge >= 0.3 is 0 Å². The van der Waals surface area contributed by atoms with Crippen molar-refractivity contribution < 1.29 is 9.90 Å². The van der Waals surface area contributed by atoms with Crippen LogP contribution in [0.2, 0.25) is 0 Å². The summed E-state index contributed by atoms with van der Waals surface area (Å²) in [5, 5.41) is 9.00. The number of amides is 1. The van der Waals surface area contributed by atoms with Gasteiger partial charge in [-0.2, -0.15) is 0 Å². The fourth-order valence-corrected chi connectivity index (χ4v) is 2.58. The number of nitrogens with zero attached hydrogens (tertiary/aromatic N) is 1. The Kier molecular flexibility index (Phi) is 4.97. The molecule has 0 heterocycles. The van der Waals surface area contributed by atoms with Crippen molar-refractivity contribution >= 4 is 5.91 Å². The summed E-state index contributed by atoms with van der Waals surface area (Å²) in [6, 6.07) is 8.24. The molecule has 104 valence electrons. The lowest BCUT2D eigenvalue weighted by Gasteiger charge is -2.38. The molecule has 0 unspecified atom stereocenters. The molecule has 1 aromatic rings. The highest BCUT2D eigenvalue weighted by Crippen LogP contribution is 2.27. The molecule has 1 aliphatic rings. The molecule has 2 rings (SSSR count). The van der Waals surface area contributed by atoms with Gasteiger partial charge in [0, 0.05) is 24.8 Å². The van der Waals surface area contributed by atoms with Crippen molar-refractivity contribution in [1.29, 1.82) is 0 Å². The predicted molar refractivity (Wildman–Crippen MR) is 76.2 cm³/mol. The third-order valence-corrected chi connectivity index (χ3v) is 3.96. The lowest BCUT2D eigenvalue weighted by atomic mass is 9.90. The molecular formula is C16H23NO2. The molecule has 1 N–H and O–H groups in total. The molecule has 3 heteroatoms. The average molecular weight is 261 g/mol. The molecule has 0 saturated heterocycles. The zero-order valence-corrected chi connectivity index (χ0v) is 11.6. The van der Waals surface area contributed by atoms with Gasteiger partial charge < -0.3 is 10.0 Å². The molecule has 0 atom stereocenters. The van der Waals surface area contributed by atoms with Gasteiger partial charge in [-0.25, -0.2) is 0 Å². The Morgan fingerprint density at radius 2 is 2.11 bits per heavy atom. The maximum Gasteiger partial charge on any atom is 0.254 e. The van der Waals surface area contributed by atoms with Crippen LogP contribution in [-0.2, 0) is 6.42 Å². The first-order valence-electron chi connectivity index (χ1n) is 7.27. The van der Waals surface area contributed by atoms with E-state index in [0.29, 0.717) is 19.0 Å². The number of benzene rings is 1. The second kappa shape index (κ2) is 6.71. The van der Waals surface area contributed by atoms with E-state index in [1.165, 1.54) is 6.42 Å². The number of aliphatic hydroxyl groups excluding tert-OH is 1. The van der Waals surface area contributed by atoms with Gasteiger partial charge in [0.25, 0.3) is 5.91 Å². The summed E-state index contributed by atoms with van der Waals surface area (Å²) in [6.45, 7) is 2.89. The number of hydrogen-bond donors (Lipinski definition) is 1. The minimum Gasteiger partial charge on any atom is -0.396 e. The van der Waals surface area contributed by atoms with Crippen molar-refractivity contribution in [2.24, 2.45) is 0 Å². The third kappa shape index (κ3) is 3.16. The number of carbonyl (C=O) groups excluding carboxylic acids is 1. The molecule has 3 nitrogen and oxygen atoms in total. The zero-order chi connectivity index (χ0) is 13.7. The van der Waals surface area contributed by atoms with Crippen molar-refractivity contribution in [1.82, 2.24) is 4.90 Å². The Balaban J connectivity index is 2.17. The van der Waals surface area contributed by atoms with Crippen LogP contribution in [0.1, 0.15) is 48.5 Å². The number of aliphatic hydroxyl groups is 1. The van der Waals surface area contributed by atoms with Gasteiger partial charge in [0.05, 0.1) is 0 Å². The number of hydrogen-bond acceptors (Lipinski definition) is 2. The summed E-state index contributed by atoms with van der Waals surface area (Å²) in [4.78, 5) is 14.7. The van der Waals surface area contributed by atoms with Crippen LogP contribution in [0.4, 0.5) is 0 Å². The Hall–Kier alpha value is -1.35. The van der Waals surface area contributed by atoms with E-state index in [0.717, 1.165) is 30.4 Å². The largest absolute Gasteiger partial charge is 0.396 e. The summed E-state index contributed by atoms with van der Waals surface area (Å²) in [6.07, 6.45) is 4.96. The van der Waals surface area contributed by atoms with Crippen LogP contribution in [0.25, 0.3) is 0 Å². The monoisotopic (exact) mass is 261 g/mol. The first kappa shape index (κ1) is 14.1. The number of aryl methyl sites for hydroxylation is 1. The number of carbonyl (C=O) groups is 1. The van der Waals surface area contributed by atoms with Gasteiger partial charge in [-0.1, -0.05) is 25.1 Å². The number of rotatable bonds is 6. The Bertz CT molecular complexity index is 427. The van der Waals surface area contributed by atoms with E-state index in [2.05, 4.69) is 6.92 Å². The van der Waals surface area contributed by atoms with Crippen LogP contribution in [0.15, 0.2) is 24.3 Å². The van der Waals surface area contributed by atoms with Gasteiger partial charge in [-0.05, 0) is 43.7 Å². The highest BCUT2D eigenvalue weighted by molar-refractivity contribution is 5.96. The minimum atomic E-state index is 0.135. The quantitative estimate of drug-likeness (QED) is 0.855. The summed E-state index contributed by atoms with van der Waals surface area (Å²) < 4.78 is 0. The lowest BCUT2D eigenvalue weighted by molar-refractivity contribution is 0.0561. The lowest BCUT2D eigenvalue weighted by Crippen LogP contribution is -2.45. The molecule has 1 amide bonds. The standard InChI is InChI=1S/C16H23NO2/c1-2-13-7-3-4-10-15(13)16(19)17(11-6-12-18)14-8-5-9-14/h3-4,7,10,14,18H,2,5-6,8-9,11-12H2,1H3. The zero-order valence-electron chi connectivity index (χ0n) is 11.6. The smallest absolute Gasteiger partial charge is 0.254 e. The van der Waals surface area contributed by atoms with Gasteiger partial charge in [0.15, 0.2) is 0 Å². The van der Waals surface area contributed by atoms with E-state index in [1.54, 1.807) is 0 Å². The molecule has 1 saturated carbocycles. The average Bonchev–Trinajstić information content (AvgIpc) is 2.40. The maximum absolute atomic E-state index is 12.7. The molecule has 0 aliphatic heterocycles. The van der Waals surface area contributed by atoms with Crippen LogP contribution in [0.5, 0.6) is 0 Å². The molecule has 1 aliphatic carbocycles. The summed E-state index contributed by atoms with van der Waals surface area (Å²) in [7, 11) is 0. The van der Waals surface area contributed by atoms with Crippen LogP contribution in [0.3, 0.4) is 0 Å². The second-order valence-electron chi connectivity index (χ2n) is 5.17. The van der Waals surface area contributed by atoms with Crippen molar-refractivity contribution in [3.05, 3.63) is 35.4 Å². The Labute approximate surface area is 115 Å². The van der Waals surface area contributed by atoms with Crippen LogP contribution >= 0.6 is 0 Å². The first-order chi connectivity index (χ1) is 9.27. The topological polar surface area (TPSA) is 40.5 Å². The third-order valence-electron chi connectivity index (χ3n) is 3.96. The van der Waals surface area contributed by atoms with E-state index in [4.69, 9.17) is 5.11 Å². The van der Waals surface area contributed by atoms with Crippen molar-refractivity contribution in [3.8, 4) is 0 Å². The van der Waals surface area contributed by atoms with Crippen molar-refractivity contribution in [2.45, 2.75) is 45.1 Å². The maximum atomic E-state index is 12.7. The molecule has 0 radical (unpaired) electrons. The van der Waals surface area contributed by atoms with Gasteiger partial charge in [-0.15, -0.1) is 0 Å². The SMILES string of the molecule is CCc1ccccc1C(=O)N(CCCO)C1CCC1. The first-order valence-corrected chi connectivity index (χ1v) is 7.27. The molecule has 1 fully saturated rings. The predicted octanol–water partition coefficient (Wildman–Crippen LogP) is 2.63. The second-order valence-corrected chi connectivity index (χ2v) is 5.17. The van der Waals surface area contributed by atoms with Crippen molar-refractivity contribution in [3.63, 3.8) is 0 Å². The van der Waals surface area contributed by atoms with E-state index < -0.39 is 0 Å². The van der Waals surface area contributed by atoms with Crippen LogP contribution in [0, 0.1) is 0 Å². The van der Waals surface area contributed by atoms with E-state index in [-0.39, 0.29) is 12.5 Å². The summed E-state index contributed by atoms with van der Waals surface area (Å²) in [5.41, 5.74) is 1.94. The fraction of sp³-hybridized carbons (Fsp3) is 0.562. The molecule has 0 spiro atoms. The van der Waals surface area contributed by atoms with Gasteiger partial charge in [0.2, 0.25) is 0 Å². The van der Waals surface area contributed by atoms with Crippen LogP contribution < -0.4 is 0 Å². The van der Waals surface area contributed by atoms with Gasteiger partial charge in [0.1, 0.15) is 0 Å². The molecule has 0 bridgehead atoms. The molecule has 19 heavy (non-hydrogen) atoms. The minimum absolute atomic E-state index is 0.135. The van der Waals surface area contributed by atoms with Crippen LogP contribution in [-0.4, -0.2) is 35.1 Å². The molecule has 1 aromatic carbocycles. The van der Waals surface area contributed by atoms with E-state index >= 15 is 0 Å². The molecular weight excluding hydrogens is 238 g/mol. The van der Waals surface area contributed by atoms with Crippen molar-refractivity contribution in [2.75, 3.05) is 13.2 Å². The molecule has 0 aromatic heterocycles. The Morgan fingerprint density at radius 1 is 1.37 bits per heavy atom. The highest BCUT2D eigenvalue weighted by Gasteiger charge is 2.29. The normalized spacial score (nSPS) is 15.1. The fourth-order valence-electron chi connectivity index (χ4n) is 2.58.